The van der Waals surface area contributed by atoms with Gasteiger partial charge in [0.1, 0.15) is 49.3 Å². The first kappa shape index (κ1) is 31.7. The Morgan fingerprint density at radius 1 is 0.974 bits per heavy atom. The molecule has 0 bridgehead atoms. The predicted octanol–water partition coefficient (Wildman–Crippen LogP) is -5.40. The number of terminal acetylenes is 1. The van der Waals surface area contributed by atoms with Crippen molar-refractivity contribution in [3.8, 4) is 12.3 Å². The van der Waals surface area contributed by atoms with Crippen molar-refractivity contribution in [2.45, 2.75) is 55.2 Å². The molecule has 0 radical (unpaired) electrons. The molecule has 1 aromatic heterocycles. The smallest absolute Gasteiger partial charge is 0.330 e. The van der Waals surface area contributed by atoms with Crippen molar-refractivity contribution in [3.63, 3.8) is 0 Å². The maximum absolute atomic E-state index is 12.2. The maximum Gasteiger partial charge on any atom is 0.330 e. The van der Waals surface area contributed by atoms with Gasteiger partial charge in [0.05, 0.1) is 13.2 Å². The Balaban J connectivity index is 1.60. The number of hydrogen-bond donors (Lipinski definition) is 6. The van der Waals surface area contributed by atoms with Gasteiger partial charge in [0.15, 0.2) is 12.5 Å². The molecule has 2 fully saturated rings. The van der Waals surface area contributed by atoms with E-state index < -0.39 is 95.4 Å². The van der Waals surface area contributed by atoms with Crippen LogP contribution in [0.15, 0.2) is 21.9 Å². The van der Waals surface area contributed by atoms with E-state index in [1.165, 1.54) is 0 Å². The van der Waals surface area contributed by atoms with Gasteiger partial charge >= 0.3 is 5.69 Å². The van der Waals surface area contributed by atoms with Gasteiger partial charge in [-0.25, -0.2) is 9.11 Å². The molecule has 0 aromatic carbocycles. The number of rotatable bonds is 11. The second-order valence-corrected chi connectivity index (χ2v) is 11.1. The van der Waals surface area contributed by atoms with Crippen LogP contribution in [0.25, 0.3) is 0 Å². The van der Waals surface area contributed by atoms with Gasteiger partial charge < -0.3 is 54.1 Å². The summed E-state index contributed by atoms with van der Waals surface area (Å²) >= 11 is 0. The Morgan fingerprint density at radius 2 is 1.62 bits per heavy atom. The first-order valence-electron chi connectivity index (χ1n) is 10.9. The zero-order valence-electron chi connectivity index (χ0n) is 19.5. The highest BCUT2D eigenvalue weighted by Crippen LogP contribution is 2.57. The number of aromatic amines is 1. The lowest BCUT2D eigenvalue weighted by Gasteiger charge is -2.42. The fourth-order valence-electron chi connectivity index (χ4n) is 3.56. The quantitative estimate of drug-likeness (QED) is 0.0782. The van der Waals surface area contributed by atoms with Gasteiger partial charge in [-0.2, -0.15) is 0 Å². The van der Waals surface area contributed by atoms with Crippen LogP contribution in [0.2, 0.25) is 0 Å². The van der Waals surface area contributed by atoms with Crippen LogP contribution in [0.1, 0.15) is 6.23 Å². The lowest BCUT2D eigenvalue weighted by atomic mass is 9.99. The summed E-state index contributed by atoms with van der Waals surface area (Å²) in [6, 6.07) is 0.915. The minimum Gasteiger partial charge on any atom is -0.756 e. The van der Waals surface area contributed by atoms with Crippen LogP contribution in [0.3, 0.4) is 0 Å². The molecule has 3 rings (SSSR count). The van der Waals surface area contributed by atoms with Crippen LogP contribution in [-0.2, 0) is 36.7 Å². The van der Waals surface area contributed by atoms with E-state index in [1.807, 2.05) is 4.98 Å². The summed E-state index contributed by atoms with van der Waals surface area (Å²) in [7, 11) is -11.7. The van der Waals surface area contributed by atoms with E-state index in [1.54, 1.807) is 0 Å². The Bertz CT molecular complexity index is 1250. The summed E-state index contributed by atoms with van der Waals surface area (Å²) in [5.74, 6) is 2.11. The van der Waals surface area contributed by atoms with E-state index in [0.717, 1.165) is 12.3 Å². The molecule has 19 nitrogen and oxygen atoms in total. The van der Waals surface area contributed by atoms with Gasteiger partial charge in [-0.05, 0) is 0 Å². The molecule has 2 aliphatic heterocycles. The van der Waals surface area contributed by atoms with Crippen LogP contribution < -0.4 is 21.0 Å². The standard InChI is InChI=1S/C18H26N2O17P2/c1-2-5-32-6-8-11(22)13(24)15(26)17(35-8)36-39(30,31)37-38(28,29)33-7-9-12(23)14(25)16(34-9)20-4-3-10(21)19-18(20)27/h1,3-4,8-9,11-17,22-26H,5-7H2,(H,28,29)(H,30,31)(H,19,21,27)/p-2/t8-,9-,11+,12+,13+,14?,15-,16-,17?/m1/s1. The van der Waals surface area contributed by atoms with E-state index in [0.29, 0.717) is 4.57 Å². The van der Waals surface area contributed by atoms with Crippen molar-refractivity contribution in [1.29, 1.82) is 0 Å². The largest absolute Gasteiger partial charge is 0.756 e. The first-order valence-corrected chi connectivity index (χ1v) is 13.8. The van der Waals surface area contributed by atoms with Crippen molar-refractivity contribution < 1.29 is 72.0 Å². The van der Waals surface area contributed by atoms with E-state index in [-0.39, 0.29) is 6.61 Å². The third kappa shape index (κ3) is 7.89. The van der Waals surface area contributed by atoms with Crippen molar-refractivity contribution in [1.82, 2.24) is 9.55 Å². The van der Waals surface area contributed by atoms with Gasteiger partial charge in [-0.3, -0.25) is 28.0 Å². The monoisotopic (exact) mass is 602 g/mol. The third-order valence-electron chi connectivity index (χ3n) is 5.43. The summed E-state index contributed by atoms with van der Waals surface area (Å²) in [5.41, 5.74) is -1.78. The molecule has 0 saturated carbocycles. The molecule has 0 aliphatic carbocycles. The zero-order chi connectivity index (χ0) is 29.1. The van der Waals surface area contributed by atoms with E-state index in [9.17, 15) is 54.0 Å². The van der Waals surface area contributed by atoms with E-state index >= 15 is 0 Å². The van der Waals surface area contributed by atoms with Crippen molar-refractivity contribution in [3.05, 3.63) is 33.1 Å². The van der Waals surface area contributed by atoms with E-state index in [4.69, 9.17) is 20.6 Å². The van der Waals surface area contributed by atoms with E-state index in [2.05, 4.69) is 19.3 Å². The lowest BCUT2D eigenvalue weighted by molar-refractivity contribution is -0.306. The average molecular weight is 602 g/mol. The molecule has 1 aromatic rings. The second-order valence-electron chi connectivity index (χ2n) is 8.17. The number of aliphatic hydroxyl groups is 5. The molecule has 0 spiro atoms. The Hall–Kier alpha value is -1.82. The molecule has 3 heterocycles. The SMILES string of the molecule is C#CCOC[C@H]1OC(OP(=O)([O-])OP(=O)([O-])OC[C@H]2O[C@@H](n3ccc(=O)[nH]c3=O)C(O)[C@H]2O)[C@H](O)[C@@H](O)[C@H]1O. The van der Waals surface area contributed by atoms with Crippen molar-refractivity contribution in [2.75, 3.05) is 19.8 Å². The third-order valence-corrected chi connectivity index (χ3v) is 7.96. The van der Waals surface area contributed by atoms with Crippen LogP contribution in [-0.4, -0.2) is 104 Å². The zero-order valence-corrected chi connectivity index (χ0v) is 21.3. The highest BCUT2D eigenvalue weighted by molar-refractivity contribution is 7.59. The van der Waals surface area contributed by atoms with Gasteiger partial charge in [-0.15, -0.1) is 6.42 Å². The van der Waals surface area contributed by atoms with Gasteiger partial charge in [0, 0.05) is 12.3 Å². The summed E-state index contributed by atoms with van der Waals surface area (Å²) < 4.78 is 52.9. The van der Waals surface area contributed by atoms with Crippen LogP contribution in [0, 0.1) is 12.3 Å². The average Bonchev–Trinajstić information content (AvgIpc) is 3.12. The summed E-state index contributed by atoms with van der Waals surface area (Å²) in [6.45, 7) is -1.82. The number of ether oxygens (including phenoxy) is 3. The first-order chi connectivity index (χ1) is 18.2. The Morgan fingerprint density at radius 3 is 2.26 bits per heavy atom. The van der Waals surface area contributed by atoms with Crippen molar-refractivity contribution >= 4 is 15.6 Å². The topological polar surface area (TPSA) is 292 Å². The van der Waals surface area contributed by atoms with Crippen molar-refractivity contribution in [2.24, 2.45) is 0 Å². The van der Waals surface area contributed by atoms with Gasteiger partial charge in [0.2, 0.25) is 0 Å². The Labute approximate surface area is 218 Å². The number of aliphatic hydroxyl groups excluding tert-OH is 5. The lowest BCUT2D eigenvalue weighted by Crippen LogP contribution is -2.59. The fraction of sp³-hybridized carbons (Fsp3) is 0.667. The van der Waals surface area contributed by atoms with Gasteiger partial charge in [-0.1, -0.05) is 5.92 Å². The molecule has 21 heteroatoms. The molecular formula is C18H24N2O17P2-2. The molecular weight excluding hydrogens is 578 g/mol. The number of nitrogens with zero attached hydrogens (tertiary/aromatic N) is 1. The predicted molar refractivity (Wildman–Crippen MR) is 117 cm³/mol. The summed E-state index contributed by atoms with van der Waals surface area (Å²) in [4.78, 5) is 49.3. The Kier molecular flexibility index (Phi) is 10.4. The van der Waals surface area contributed by atoms with Crippen LogP contribution in [0.4, 0.5) is 0 Å². The number of H-pyrrole nitrogens is 1. The number of phosphoric ester groups is 2. The second kappa shape index (κ2) is 12.8. The number of nitrogens with one attached hydrogen (secondary N) is 1. The molecule has 0 amide bonds. The highest BCUT2D eigenvalue weighted by Gasteiger charge is 2.47. The molecule has 2 aliphatic rings. The number of aromatic nitrogens is 2. The maximum atomic E-state index is 12.2. The fourth-order valence-corrected chi connectivity index (χ4v) is 5.64. The number of hydrogen-bond acceptors (Lipinski definition) is 17. The molecule has 220 valence electrons. The molecule has 11 atom stereocenters. The minimum absolute atomic E-state index is 0.241. The molecule has 2 saturated heterocycles. The number of phosphoric acid groups is 2. The summed E-state index contributed by atoms with van der Waals surface area (Å²) in [5, 5.41) is 50.1. The highest BCUT2D eigenvalue weighted by atomic mass is 31.3. The van der Waals surface area contributed by atoms with Crippen LogP contribution in [0.5, 0.6) is 0 Å². The summed E-state index contributed by atoms with van der Waals surface area (Å²) in [6.07, 6.45) is -10.6. The molecule has 39 heavy (non-hydrogen) atoms. The molecule has 6 N–H and O–H groups in total. The van der Waals surface area contributed by atoms with Gasteiger partial charge in [0.25, 0.3) is 21.2 Å². The molecule has 4 unspecified atom stereocenters. The van der Waals surface area contributed by atoms with Crippen LogP contribution >= 0.6 is 15.6 Å². The normalized spacial score (nSPS) is 36.1. The minimum atomic E-state index is -5.92.